The highest BCUT2D eigenvalue weighted by atomic mass is 19.1. The van der Waals surface area contributed by atoms with E-state index in [0.717, 1.165) is 85.2 Å². The van der Waals surface area contributed by atoms with Crippen LogP contribution in [-0.4, -0.2) is 72.7 Å². The Labute approximate surface area is 260 Å². The van der Waals surface area contributed by atoms with Crippen LogP contribution in [0.3, 0.4) is 0 Å². The Morgan fingerprint density at radius 2 is 1.84 bits per heavy atom. The van der Waals surface area contributed by atoms with Crippen molar-refractivity contribution in [3.8, 4) is 0 Å². The lowest BCUT2D eigenvalue weighted by Gasteiger charge is -2.37. The number of carbonyl (C=O) groups is 2. The van der Waals surface area contributed by atoms with Crippen molar-refractivity contribution in [3.63, 3.8) is 0 Å². The number of fused-ring (bicyclic) bond motifs is 1. The number of aromatic nitrogens is 1. The molecule has 10 heteroatoms. The van der Waals surface area contributed by atoms with Crippen LogP contribution >= 0.6 is 0 Å². The predicted molar refractivity (Wildman–Crippen MR) is 166 cm³/mol. The van der Waals surface area contributed by atoms with Crippen LogP contribution in [0.15, 0.2) is 45.1 Å². The van der Waals surface area contributed by atoms with Crippen LogP contribution in [0.4, 0.5) is 9.18 Å². The number of likely N-dealkylation sites (tertiary alicyclic amines) is 2. The molecule has 1 amide bonds. The predicted octanol–water partition coefficient (Wildman–Crippen LogP) is 7.33. The van der Waals surface area contributed by atoms with Crippen LogP contribution in [0.25, 0.3) is 11.0 Å². The Balaban J connectivity index is 1.31. The summed E-state index contributed by atoms with van der Waals surface area (Å²) < 4.78 is 35.3. The number of piperidine rings is 2. The molecule has 2 atom stereocenters. The smallest absolute Gasteiger partial charge is 0.434 e. The fourth-order valence-electron chi connectivity index (χ4n) is 6.02. The molecule has 0 aliphatic carbocycles. The molecule has 0 saturated carbocycles. The molecule has 44 heavy (non-hydrogen) atoms. The third kappa shape index (κ3) is 8.47. The maximum absolute atomic E-state index is 14.0. The van der Waals surface area contributed by atoms with E-state index in [9.17, 15) is 14.0 Å². The average molecular weight is 614 g/mol. The maximum atomic E-state index is 14.0. The van der Waals surface area contributed by atoms with Crippen LogP contribution in [0.1, 0.15) is 91.7 Å². The first-order valence-electron chi connectivity index (χ1n) is 15.9. The van der Waals surface area contributed by atoms with Gasteiger partial charge in [0.25, 0.3) is 5.91 Å². The Kier molecular flexibility index (Phi) is 12.0. The number of benzene rings is 1. The van der Waals surface area contributed by atoms with Crippen LogP contribution < -0.4 is 0 Å². The number of carbonyl (C=O) groups excluding carboxylic acids is 2. The number of amides is 1. The van der Waals surface area contributed by atoms with Crippen molar-refractivity contribution in [2.24, 2.45) is 5.92 Å². The summed E-state index contributed by atoms with van der Waals surface area (Å²) in [5.41, 5.74) is 5.07. The van der Waals surface area contributed by atoms with Gasteiger partial charge in [0.05, 0.1) is 12.3 Å². The minimum Gasteiger partial charge on any atom is -0.434 e. The molecule has 3 heterocycles. The summed E-state index contributed by atoms with van der Waals surface area (Å²) in [4.78, 5) is 30.2. The lowest BCUT2D eigenvalue weighted by atomic mass is 9.91. The highest BCUT2D eigenvalue weighted by Crippen LogP contribution is 2.34. The van der Waals surface area contributed by atoms with E-state index in [1.807, 2.05) is 46.4 Å². The molecular formula is C34H48FN3O6. The zero-order valence-corrected chi connectivity index (χ0v) is 27.1. The van der Waals surface area contributed by atoms with Gasteiger partial charge in [0, 0.05) is 41.7 Å². The summed E-state index contributed by atoms with van der Waals surface area (Å²) in [6.07, 6.45) is 3.87. The molecule has 2 aliphatic rings. The van der Waals surface area contributed by atoms with Crippen LogP contribution in [0, 0.1) is 11.7 Å². The molecule has 9 nitrogen and oxygen atoms in total. The third-order valence-corrected chi connectivity index (χ3v) is 8.81. The highest BCUT2D eigenvalue weighted by molar-refractivity contribution is 5.95. The standard InChI is InChI=1S/C34H48FN3O6/c1-7-24(6)20-41-34(40)43-21-42-29-9-8-15-38(32(29)23(4)5)33(39)27(22(2)3)14-18-37-16-12-25(13-17-37)31-28-11-10-26(35)19-30(28)44-36-31/h10-11,19,24-25,29H,7-9,12-18,20-21H2,1-6H3. The van der Waals surface area contributed by atoms with Gasteiger partial charge in [-0.15, -0.1) is 0 Å². The van der Waals surface area contributed by atoms with Gasteiger partial charge in [-0.05, 0) is 90.9 Å². The molecule has 0 N–H and O–H groups in total. The molecule has 2 fully saturated rings. The average Bonchev–Trinajstić information content (AvgIpc) is 3.42. The second kappa shape index (κ2) is 15.7. The molecule has 0 radical (unpaired) electrons. The number of hydrogen-bond donors (Lipinski definition) is 0. The van der Waals surface area contributed by atoms with Crippen LogP contribution in [-0.2, 0) is 19.0 Å². The summed E-state index contributed by atoms with van der Waals surface area (Å²) in [6, 6.07) is 4.59. The first kappa shape index (κ1) is 33.6. The fourth-order valence-corrected chi connectivity index (χ4v) is 6.02. The van der Waals surface area contributed by atoms with Gasteiger partial charge in [-0.3, -0.25) is 4.79 Å². The van der Waals surface area contributed by atoms with Gasteiger partial charge in [0.15, 0.2) is 12.4 Å². The Hall–Kier alpha value is -3.24. The number of ether oxygens (including phenoxy) is 3. The molecule has 0 spiro atoms. The number of halogens is 1. The molecule has 242 valence electrons. The first-order valence-corrected chi connectivity index (χ1v) is 15.9. The van der Waals surface area contributed by atoms with Crippen molar-refractivity contribution < 1.29 is 32.7 Å². The summed E-state index contributed by atoms with van der Waals surface area (Å²) in [6.45, 7) is 15.3. The van der Waals surface area contributed by atoms with Gasteiger partial charge in [-0.25, -0.2) is 9.18 Å². The molecule has 4 rings (SSSR count). The largest absolute Gasteiger partial charge is 0.510 e. The Bertz CT molecular complexity index is 1350. The number of nitrogens with zero attached hydrogens (tertiary/aromatic N) is 3. The second-order valence-electron chi connectivity index (χ2n) is 12.5. The van der Waals surface area contributed by atoms with Crippen molar-refractivity contribution in [2.75, 3.05) is 39.6 Å². The first-order chi connectivity index (χ1) is 21.1. The zero-order chi connectivity index (χ0) is 31.8. The molecule has 2 aliphatic heterocycles. The van der Waals surface area contributed by atoms with Crippen LogP contribution in [0.2, 0.25) is 0 Å². The topological polar surface area (TPSA) is 94.3 Å². The van der Waals surface area contributed by atoms with E-state index in [1.54, 1.807) is 6.07 Å². The quantitative estimate of drug-likeness (QED) is 0.148. The van der Waals surface area contributed by atoms with E-state index in [1.165, 1.54) is 12.1 Å². The second-order valence-corrected chi connectivity index (χ2v) is 12.5. The lowest BCUT2D eigenvalue weighted by molar-refractivity contribution is -0.130. The minimum absolute atomic E-state index is 0.0135. The van der Waals surface area contributed by atoms with Crippen molar-refractivity contribution >= 4 is 23.0 Å². The minimum atomic E-state index is -0.742. The Morgan fingerprint density at radius 3 is 2.52 bits per heavy atom. The molecule has 2 aromatic rings. The van der Waals surface area contributed by atoms with Gasteiger partial charge in [-0.1, -0.05) is 36.6 Å². The maximum Gasteiger partial charge on any atom is 0.510 e. The summed E-state index contributed by atoms with van der Waals surface area (Å²) in [5.74, 6) is 0.217. The van der Waals surface area contributed by atoms with Crippen LogP contribution in [0.5, 0.6) is 0 Å². The summed E-state index contributed by atoms with van der Waals surface area (Å²) >= 11 is 0. The van der Waals surface area contributed by atoms with E-state index in [4.69, 9.17) is 18.7 Å². The molecule has 1 aromatic heterocycles. The van der Waals surface area contributed by atoms with E-state index < -0.39 is 6.16 Å². The van der Waals surface area contributed by atoms with E-state index in [-0.39, 0.29) is 36.5 Å². The highest BCUT2D eigenvalue weighted by Gasteiger charge is 2.33. The molecule has 1 aromatic carbocycles. The van der Waals surface area contributed by atoms with Crippen molar-refractivity contribution in [2.45, 2.75) is 92.1 Å². The van der Waals surface area contributed by atoms with Crippen molar-refractivity contribution in [3.05, 3.63) is 52.1 Å². The normalized spacial score (nSPS) is 18.8. The van der Waals surface area contributed by atoms with Gasteiger partial charge in [0.2, 0.25) is 0 Å². The van der Waals surface area contributed by atoms with Gasteiger partial charge < -0.3 is 28.5 Å². The number of rotatable bonds is 11. The summed E-state index contributed by atoms with van der Waals surface area (Å²) in [5, 5.41) is 5.15. The SMILES string of the molecule is CCC(C)COC(=O)OCOC1CCCN(C(=O)C(CCN2CCC(c3noc4cc(F)ccc34)CC2)=C(C)C)C1=C(C)C. The molecule has 0 bridgehead atoms. The zero-order valence-electron chi connectivity index (χ0n) is 27.1. The third-order valence-electron chi connectivity index (χ3n) is 8.81. The molecular weight excluding hydrogens is 565 g/mol. The van der Waals surface area contributed by atoms with E-state index in [2.05, 4.69) is 10.1 Å². The Morgan fingerprint density at radius 1 is 1.09 bits per heavy atom. The van der Waals surface area contributed by atoms with Crippen molar-refractivity contribution in [1.82, 2.24) is 15.0 Å². The van der Waals surface area contributed by atoms with Gasteiger partial charge in [0.1, 0.15) is 11.9 Å². The lowest BCUT2D eigenvalue weighted by Crippen LogP contribution is -2.43. The van der Waals surface area contributed by atoms with Crippen molar-refractivity contribution in [1.29, 1.82) is 0 Å². The summed E-state index contributed by atoms with van der Waals surface area (Å²) in [7, 11) is 0. The van der Waals surface area contributed by atoms with E-state index >= 15 is 0 Å². The number of hydrogen-bond acceptors (Lipinski definition) is 8. The van der Waals surface area contributed by atoms with E-state index in [0.29, 0.717) is 25.2 Å². The molecule has 2 unspecified atom stereocenters. The van der Waals surface area contributed by atoms with Gasteiger partial charge >= 0.3 is 6.16 Å². The fraction of sp³-hybridized carbons (Fsp3) is 0.618. The monoisotopic (exact) mass is 613 g/mol. The number of allylic oxidation sites excluding steroid dienone is 2. The molecule has 2 saturated heterocycles. The van der Waals surface area contributed by atoms with Gasteiger partial charge in [-0.2, -0.15) is 0 Å².